The van der Waals surface area contributed by atoms with E-state index in [0.29, 0.717) is 11.3 Å². The van der Waals surface area contributed by atoms with Crippen LogP contribution in [0.2, 0.25) is 0 Å². The van der Waals surface area contributed by atoms with E-state index in [1.54, 1.807) is 24.3 Å². The lowest BCUT2D eigenvalue weighted by atomic mass is 10.1. The molecule has 3 nitrogen and oxygen atoms in total. The zero-order valence-corrected chi connectivity index (χ0v) is 8.78. The highest BCUT2D eigenvalue weighted by molar-refractivity contribution is 5.63. The number of benzene rings is 1. The molecule has 2 N–H and O–H groups in total. The van der Waals surface area contributed by atoms with Crippen LogP contribution < -0.4 is 5.73 Å². The normalized spacial score (nSPS) is 11.7. The highest BCUT2D eigenvalue weighted by atomic mass is 19.4. The summed E-state index contributed by atoms with van der Waals surface area (Å²) in [4.78, 5) is 0. The predicted octanol–water partition coefficient (Wildman–Crippen LogP) is 2.69. The number of hydrogen-bond acceptors (Lipinski definition) is 2. The quantitative estimate of drug-likeness (QED) is 0.821. The molecule has 2 rings (SSSR count). The van der Waals surface area contributed by atoms with Crippen molar-refractivity contribution in [1.29, 1.82) is 0 Å². The largest absolute Gasteiger partial charge is 0.408 e. The van der Waals surface area contributed by atoms with E-state index in [4.69, 9.17) is 5.73 Å². The molecule has 0 fully saturated rings. The van der Waals surface area contributed by atoms with Gasteiger partial charge in [0.15, 0.2) is 0 Å². The predicted molar refractivity (Wildman–Crippen MR) is 58.1 cm³/mol. The summed E-state index contributed by atoms with van der Waals surface area (Å²) >= 11 is 0. The summed E-state index contributed by atoms with van der Waals surface area (Å²) in [5.74, 6) is 0. The molecule has 1 heterocycles. The Bertz CT molecular complexity index is 499. The van der Waals surface area contributed by atoms with Crippen molar-refractivity contribution in [2.24, 2.45) is 0 Å². The zero-order chi connectivity index (χ0) is 12.5. The first-order valence-electron chi connectivity index (χ1n) is 4.89. The molecular formula is C11H10F3N3. The van der Waals surface area contributed by atoms with Crippen LogP contribution >= 0.6 is 0 Å². The van der Waals surface area contributed by atoms with Crippen molar-refractivity contribution < 1.29 is 13.2 Å². The van der Waals surface area contributed by atoms with Crippen LogP contribution in [-0.2, 0) is 6.54 Å². The minimum Gasteiger partial charge on any atom is -0.399 e. The fourth-order valence-electron chi connectivity index (χ4n) is 1.46. The van der Waals surface area contributed by atoms with E-state index in [1.165, 1.54) is 12.4 Å². The van der Waals surface area contributed by atoms with Gasteiger partial charge in [0.1, 0.15) is 6.54 Å². The molecule has 0 saturated heterocycles. The molecule has 0 spiro atoms. The van der Waals surface area contributed by atoms with Crippen LogP contribution in [0.25, 0.3) is 11.1 Å². The van der Waals surface area contributed by atoms with E-state index in [1.807, 2.05) is 0 Å². The Hall–Kier alpha value is -1.98. The fraction of sp³-hybridized carbons (Fsp3) is 0.182. The number of alkyl halides is 3. The summed E-state index contributed by atoms with van der Waals surface area (Å²) in [5, 5.41) is 3.67. The van der Waals surface area contributed by atoms with E-state index in [9.17, 15) is 13.2 Å². The Morgan fingerprint density at radius 3 is 2.35 bits per heavy atom. The molecule has 0 aliphatic rings. The van der Waals surface area contributed by atoms with Crippen molar-refractivity contribution in [3.63, 3.8) is 0 Å². The van der Waals surface area contributed by atoms with Gasteiger partial charge in [-0.25, -0.2) is 0 Å². The van der Waals surface area contributed by atoms with Gasteiger partial charge < -0.3 is 5.73 Å². The highest BCUT2D eigenvalue weighted by Crippen LogP contribution is 2.22. The van der Waals surface area contributed by atoms with Gasteiger partial charge in [0.2, 0.25) is 0 Å². The molecule has 17 heavy (non-hydrogen) atoms. The van der Waals surface area contributed by atoms with Gasteiger partial charge in [-0.3, -0.25) is 4.68 Å². The SMILES string of the molecule is Nc1ccc(-c2cnn(CC(F)(F)F)c2)cc1. The van der Waals surface area contributed by atoms with Crippen LogP contribution in [0, 0.1) is 0 Å². The van der Waals surface area contributed by atoms with E-state index in [-0.39, 0.29) is 0 Å². The minimum absolute atomic E-state index is 0.608. The third kappa shape index (κ3) is 2.99. The van der Waals surface area contributed by atoms with Crippen LogP contribution in [-0.4, -0.2) is 16.0 Å². The van der Waals surface area contributed by atoms with Gasteiger partial charge in [0.05, 0.1) is 6.20 Å². The van der Waals surface area contributed by atoms with Crippen LogP contribution in [0.5, 0.6) is 0 Å². The number of nitrogen functional groups attached to an aromatic ring is 1. The van der Waals surface area contributed by atoms with E-state index < -0.39 is 12.7 Å². The lowest BCUT2D eigenvalue weighted by Crippen LogP contribution is -2.17. The topological polar surface area (TPSA) is 43.8 Å². The number of nitrogens with two attached hydrogens (primary N) is 1. The second-order valence-corrected chi connectivity index (χ2v) is 3.66. The summed E-state index contributed by atoms with van der Waals surface area (Å²) in [7, 11) is 0. The Balaban J connectivity index is 2.21. The molecule has 0 unspecified atom stereocenters. The Kier molecular flexibility index (Phi) is 2.79. The number of hydrogen-bond donors (Lipinski definition) is 1. The fourth-order valence-corrected chi connectivity index (χ4v) is 1.46. The van der Waals surface area contributed by atoms with E-state index >= 15 is 0 Å². The monoisotopic (exact) mass is 241 g/mol. The first kappa shape index (κ1) is 11.5. The molecule has 0 bridgehead atoms. The molecule has 0 saturated carbocycles. The van der Waals surface area contributed by atoms with Gasteiger partial charge in [0, 0.05) is 17.4 Å². The molecule has 0 amide bonds. The molecular weight excluding hydrogens is 231 g/mol. The second-order valence-electron chi connectivity index (χ2n) is 3.66. The highest BCUT2D eigenvalue weighted by Gasteiger charge is 2.28. The van der Waals surface area contributed by atoms with E-state index in [0.717, 1.165) is 10.2 Å². The molecule has 1 aromatic heterocycles. The minimum atomic E-state index is -4.26. The smallest absolute Gasteiger partial charge is 0.399 e. The molecule has 0 radical (unpaired) electrons. The maximum Gasteiger partial charge on any atom is 0.408 e. The third-order valence-corrected chi connectivity index (χ3v) is 2.22. The Morgan fingerprint density at radius 2 is 1.76 bits per heavy atom. The summed E-state index contributed by atoms with van der Waals surface area (Å²) in [6.45, 7) is -1.08. The maximum absolute atomic E-state index is 12.1. The summed E-state index contributed by atoms with van der Waals surface area (Å²) < 4.78 is 37.3. The molecule has 1 aromatic carbocycles. The van der Waals surface area contributed by atoms with Crippen LogP contribution in [0.3, 0.4) is 0 Å². The van der Waals surface area contributed by atoms with Gasteiger partial charge >= 0.3 is 6.18 Å². The van der Waals surface area contributed by atoms with Crippen molar-refractivity contribution in [1.82, 2.24) is 9.78 Å². The number of halogens is 3. The maximum atomic E-state index is 12.1. The van der Waals surface area contributed by atoms with Crippen molar-refractivity contribution in [2.75, 3.05) is 5.73 Å². The van der Waals surface area contributed by atoms with E-state index in [2.05, 4.69) is 5.10 Å². The van der Waals surface area contributed by atoms with Crippen LogP contribution in [0.4, 0.5) is 18.9 Å². The summed E-state index contributed by atoms with van der Waals surface area (Å²) in [6, 6.07) is 6.86. The third-order valence-electron chi connectivity index (χ3n) is 2.22. The average Bonchev–Trinajstić information content (AvgIpc) is 2.64. The summed E-state index contributed by atoms with van der Waals surface area (Å²) in [5.41, 5.74) is 7.55. The van der Waals surface area contributed by atoms with Gasteiger partial charge in [-0.2, -0.15) is 18.3 Å². The Labute approximate surface area is 95.7 Å². The molecule has 0 aliphatic carbocycles. The van der Waals surface area contributed by atoms with Gasteiger partial charge in [0.25, 0.3) is 0 Å². The van der Waals surface area contributed by atoms with Gasteiger partial charge in [-0.1, -0.05) is 12.1 Å². The summed E-state index contributed by atoms with van der Waals surface area (Å²) in [6.07, 6.45) is -1.50. The number of anilines is 1. The first-order chi connectivity index (χ1) is 7.94. The van der Waals surface area contributed by atoms with Gasteiger partial charge in [-0.15, -0.1) is 0 Å². The first-order valence-corrected chi connectivity index (χ1v) is 4.89. The molecule has 0 atom stereocenters. The second kappa shape index (κ2) is 4.12. The van der Waals surface area contributed by atoms with Crippen LogP contribution in [0.1, 0.15) is 0 Å². The van der Waals surface area contributed by atoms with Crippen molar-refractivity contribution in [3.05, 3.63) is 36.7 Å². The standard InChI is InChI=1S/C11H10F3N3/c12-11(13,14)7-17-6-9(5-16-17)8-1-3-10(15)4-2-8/h1-6H,7,15H2. The number of nitrogens with zero attached hydrogens (tertiary/aromatic N) is 2. The average molecular weight is 241 g/mol. The number of rotatable bonds is 2. The van der Waals surface area contributed by atoms with Gasteiger partial charge in [-0.05, 0) is 17.7 Å². The molecule has 2 aromatic rings. The zero-order valence-electron chi connectivity index (χ0n) is 8.78. The Morgan fingerprint density at radius 1 is 1.12 bits per heavy atom. The van der Waals surface area contributed by atoms with Crippen LogP contribution in [0.15, 0.2) is 36.7 Å². The number of aromatic nitrogens is 2. The lowest BCUT2D eigenvalue weighted by Gasteiger charge is -2.05. The molecule has 0 aliphatic heterocycles. The van der Waals surface area contributed by atoms with Crippen molar-refractivity contribution >= 4 is 5.69 Å². The van der Waals surface area contributed by atoms with Crippen molar-refractivity contribution in [3.8, 4) is 11.1 Å². The lowest BCUT2D eigenvalue weighted by molar-refractivity contribution is -0.142. The molecule has 6 heteroatoms. The molecule has 90 valence electrons. The van der Waals surface area contributed by atoms with Crippen molar-refractivity contribution in [2.45, 2.75) is 12.7 Å².